The van der Waals surface area contributed by atoms with E-state index in [0.717, 1.165) is 10.0 Å². The molecule has 0 radical (unpaired) electrons. The molecular formula is C16H22N4O6S. The first kappa shape index (κ1) is 24.2. The van der Waals surface area contributed by atoms with Gasteiger partial charge in [-0.25, -0.2) is 26.5 Å². The molecule has 0 spiro atoms. The average Bonchev–Trinajstić information content (AvgIpc) is 2.59. The highest BCUT2D eigenvalue weighted by molar-refractivity contribution is 7.79. The van der Waals surface area contributed by atoms with Crippen molar-refractivity contribution in [2.24, 2.45) is 11.7 Å². The number of para-hydroxylation sites is 2. The van der Waals surface area contributed by atoms with Crippen molar-refractivity contribution in [3.05, 3.63) is 60.7 Å². The summed E-state index contributed by atoms with van der Waals surface area (Å²) in [6.07, 6.45) is 0. The molecular weight excluding hydrogens is 376 g/mol. The maximum Gasteiger partial charge on any atom is 0.394 e. The van der Waals surface area contributed by atoms with E-state index in [-0.39, 0.29) is 5.78 Å². The molecule has 0 fully saturated rings. The van der Waals surface area contributed by atoms with Crippen molar-refractivity contribution < 1.29 is 27.1 Å². The lowest BCUT2D eigenvalue weighted by molar-refractivity contribution is -0.115. The van der Waals surface area contributed by atoms with Crippen LogP contribution in [0.3, 0.4) is 0 Å². The van der Waals surface area contributed by atoms with E-state index in [1.807, 2.05) is 12.1 Å². The second-order valence-electron chi connectivity index (χ2n) is 5.05. The van der Waals surface area contributed by atoms with Crippen molar-refractivity contribution in [3.63, 3.8) is 0 Å². The summed E-state index contributed by atoms with van der Waals surface area (Å²) in [5, 5.41) is 2.01. The maximum atomic E-state index is 12.0. The van der Waals surface area contributed by atoms with Gasteiger partial charge in [-0.3, -0.25) is 9.11 Å². The van der Waals surface area contributed by atoms with Gasteiger partial charge < -0.3 is 4.79 Å². The van der Waals surface area contributed by atoms with Gasteiger partial charge in [0.25, 0.3) is 0 Å². The number of anilines is 2. The molecule has 0 saturated heterocycles. The molecule has 10 nitrogen and oxygen atoms in total. The van der Waals surface area contributed by atoms with Crippen LogP contribution in [0.1, 0.15) is 13.8 Å². The molecule has 11 heteroatoms. The van der Waals surface area contributed by atoms with Crippen molar-refractivity contribution in [3.8, 4) is 0 Å². The Morgan fingerprint density at radius 3 is 1.22 bits per heavy atom. The second-order valence-corrected chi connectivity index (χ2v) is 5.95. The summed E-state index contributed by atoms with van der Waals surface area (Å²) < 4.78 is 31.6. The number of amides is 2. The van der Waals surface area contributed by atoms with Crippen LogP contribution in [0, 0.1) is 0 Å². The molecule has 0 aliphatic rings. The van der Waals surface area contributed by atoms with E-state index in [1.54, 1.807) is 48.5 Å². The van der Waals surface area contributed by atoms with Gasteiger partial charge in [0.05, 0.1) is 11.4 Å². The minimum atomic E-state index is -4.67. The lowest BCUT2D eigenvalue weighted by atomic mass is 10.3. The molecule has 2 amide bonds. The molecule has 2 aromatic rings. The van der Waals surface area contributed by atoms with Gasteiger partial charge in [0.2, 0.25) is 0 Å². The summed E-state index contributed by atoms with van der Waals surface area (Å²) in [6, 6.07) is 17.3. The van der Waals surface area contributed by atoms with Crippen LogP contribution in [0.5, 0.6) is 0 Å². The molecule has 148 valence electrons. The molecule has 2 aromatic carbocycles. The van der Waals surface area contributed by atoms with Crippen molar-refractivity contribution in [2.45, 2.75) is 13.8 Å². The molecule has 0 heterocycles. The predicted molar refractivity (Wildman–Crippen MR) is 102 cm³/mol. The van der Waals surface area contributed by atoms with E-state index in [2.05, 4.69) is 0 Å². The van der Waals surface area contributed by atoms with Crippen LogP contribution in [-0.2, 0) is 15.2 Å². The van der Waals surface area contributed by atoms with E-state index < -0.39 is 16.4 Å². The molecule has 0 bridgehead atoms. The Balaban J connectivity index is 0.000000630. The summed E-state index contributed by atoms with van der Waals surface area (Å²) in [4.78, 5) is 21.5. The van der Waals surface area contributed by atoms with E-state index >= 15 is 0 Å². The molecule has 6 N–H and O–H groups in total. The first-order chi connectivity index (χ1) is 12.4. The van der Waals surface area contributed by atoms with Gasteiger partial charge in [-0.1, -0.05) is 36.4 Å². The number of carbonyl (C=O) groups excluding carboxylic acids is 2. The Kier molecular flexibility index (Phi) is 10.5. The minimum absolute atomic E-state index is 0.167. The highest BCUT2D eigenvalue weighted by Gasteiger charge is 2.18. The van der Waals surface area contributed by atoms with Crippen LogP contribution < -0.4 is 21.7 Å². The van der Waals surface area contributed by atoms with Crippen LogP contribution in [-0.4, -0.2) is 29.3 Å². The van der Waals surface area contributed by atoms with E-state index in [1.165, 1.54) is 13.8 Å². The topological polar surface area (TPSA) is 167 Å². The molecule has 0 unspecified atom stereocenters. The first-order valence-electron chi connectivity index (χ1n) is 7.34. The fourth-order valence-corrected chi connectivity index (χ4v) is 1.51. The fraction of sp³-hybridized carbons (Fsp3) is 0.125. The molecule has 0 saturated carbocycles. The summed E-state index contributed by atoms with van der Waals surface area (Å²) in [5.41, 5.74) is 1.16. The molecule has 0 aliphatic carbocycles. The summed E-state index contributed by atoms with van der Waals surface area (Å²) in [5.74, 6) is 11.6. The van der Waals surface area contributed by atoms with Gasteiger partial charge in [-0.2, -0.15) is 8.42 Å². The summed E-state index contributed by atoms with van der Waals surface area (Å²) in [6.45, 7) is 3.06. The number of ketones is 1. The van der Waals surface area contributed by atoms with Crippen LogP contribution in [0.2, 0.25) is 0 Å². The van der Waals surface area contributed by atoms with Crippen LogP contribution >= 0.6 is 0 Å². The fourth-order valence-electron chi connectivity index (χ4n) is 1.51. The minimum Gasteiger partial charge on any atom is -0.300 e. The van der Waals surface area contributed by atoms with Gasteiger partial charge in [0, 0.05) is 0 Å². The van der Waals surface area contributed by atoms with Gasteiger partial charge in [0.1, 0.15) is 5.78 Å². The van der Waals surface area contributed by atoms with Crippen molar-refractivity contribution in [2.75, 3.05) is 10.0 Å². The third-order valence-electron chi connectivity index (χ3n) is 2.48. The molecule has 0 aromatic heterocycles. The number of nitrogens with zero attached hydrogens (tertiary/aromatic N) is 2. The molecule has 2 rings (SSSR count). The number of benzene rings is 2. The first-order valence-corrected chi connectivity index (χ1v) is 8.74. The van der Waals surface area contributed by atoms with Crippen LogP contribution in [0.25, 0.3) is 0 Å². The monoisotopic (exact) mass is 398 g/mol. The third kappa shape index (κ3) is 12.2. The Bertz CT molecular complexity index is 756. The van der Waals surface area contributed by atoms with E-state index in [4.69, 9.17) is 29.2 Å². The predicted octanol–water partition coefficient (Wildman–Crippen LogP) is 1.81. The average molecular weight is 398 g/mol. The van der Waals surface area contributed by atoms with Crippen LogP contribution in [0.4, 0.5) is 16.2 Å². The number of hydrogen-bond acceptors (Lipinski definition) is 6. The zero-order valence-electron chi connectivity index (χ0n) is 14.8. The Hall–Kier alpha value is -2.83. The molecule has 0 atom stereocenters. The van der Waals surface area contributed by atoms with Gasteiger partial charge in [0.15, 0.2) is 0 Å². The highest BCUT2D eigenvalue weighted by Crippen LogP contribution is 2.15. The lowest BCUT2D eigenvalue weighted by Gasteiger charge is -2.23. The third-order valence-corrected chi connectivity index (χ3v) is 2.48. The second kappa shape index (κ2) is 11.7. The largest absolute Gasteiger partial charge is 0.394 e. The summed E-state index contributed by atoms with van der Waals surface area (Å²) >= 11 is 0. The van der Waals surface area contributed by atoms with Crippen molar-refractivity contribution in [1.29, 1.82) is 0 Å². The highest BCUT2D eigenvalue weighted by atomic mass is 32.3. The maximum absolute atomic E-state index is 12.0. The van der Waals surface area contributed by atoms with Gasteiger partial charge in [-0.15, -0.1) is 0 Å². The smallest absolute Gasteiger partial charge is 0.300 e. The number of hydrogen-bond donors (Lipinski definition) is 4. The normalized spacial score (nSPS) is 9.70. The molecule has 27 heavy (non-hydrogen) atoms. The Morgan fingerprint density at radius 2 is 1.00 bits per heavy atom. The number of Topliss-reactive ketones (excluding diaryl/α,β-unsaturated/α-hetero) is 1. The number of urea groups is 1. The number of hydrazine groups is 2. The zero-order valence-corrected chi connectivity index (χ0v) is 15.6. The van der Waals surface area contributed by atoms with Crippen LogP contribution in [0.15, 0.2) is 60.7 Å². The zero-order chi connectivity index (χ0) is 21.0. The lowest BCUT2D eigenvalue weighted by Crippen LogP contribution is -2.50. The van der Waals surface area contributed by atoms with E-state index in [0.29, 0.717) is 11.4 Å². The summed E-state index contributed by atoms with van der Waals surface area (Å²) in [7, 11) is -4.67. The van der Waals surface area contributed by atoms with Crippen molar-refractivity contribution >= 4 is 33.6 Å². The number of rotatable bonds is 2. The molecule has 0 aliphatic heterocycles. The van der Waals surface area contributed by atoms with Gasteiger partial charge in [-0.05, 0) is 38.1 Å². The number of carbonyl (C=O) groups is 2. The number of nitrogens with two attached hydrogens (primary N) is 2. The quantitative estimate of drug-likeness (QED) is 0.257. The Morgan fingerprint density at radius 1 is 0.778 bits per heavy atom. The van der Waals surface area contributed by atoms with Gasteiger partial charge >= 0.3 is 16.4 Å². The Labute approximate surface area is 157 Å². The standard InChI is InChI=1S/C13H14N4O.C3H6O.H2O4S/c14-16(11-7-3-1-4-8-11)13(18)17(15)12-9-5-2-6-10-12;1-3(2)4;1-5(2,3)4/h1-10H,14-15H2;1-2H3;(H2,1,2,3,4). The van der Waals surface area contributed by atoms with E-state index in [9.17, 15) is 9.59 Å². The van der Waals surface area contributed by atoms with Crippen molar-refractivity contribution in [1.82, 2.24) is 0 Å². The SMILES string of the molecule is CC(C)=O.NN(C(=O)N(N)c1ccccc1)c1ccccc1.O=S(=O)(O)O.